The van der Waals surface area contributed by atoms with Gasteiger partial charge in [0.2, 0.25) is 0 Å². The molecule has 1 heterocycles. The average Bonchev–Trinajstić information content (AvgIpc) is 3.18. The molecule has 0 spiro atoms. The maximum Gasteiger partial charge on any atom is 0.305 e. The van der Waals surface area contributed by atoms with Crippen molar-refractivity contribution < 1.29 is 22.4 Å². The number of hydrazine groups is 1. The predicted octanol–water partition coefficient (Wildman–Crippen LogP) is 4.30. The first kappa shape index (κ1) is 25.7. The van der Waals surface area contributed by atoms with E-state index in [-0.39, 0.29) is 21.2 Å². The third kappa shape index (κ3) is 5.40. The van der Waals surface area contributed by atoms with Crippen LogP contribution in [-0.4, -0.2) is 25.9 Å². The molecule has 0 radical (unpaired) electrons. The number of fused-ring (bicyclic) bond motifs is 1. The van der Waals surface area contributed by atoms with Crippen molar-refractivity contribution in [3.63, 3.8) is 0 Å². The molecule has 3 N–H and O–H groups in total. The van der Waals surface area contributed by atoms with Crippen LogP contribution in [0.25, 0.3) is 0 Å². The zero-order chi connectivity index (χ0) is 26.0. The molecule has 0 saturated heterocycles. The Morgan fingerprint density at radius 2 is 1.67 bits per heavy atom. The Hall–Kier alpha value is -3.34. The number of furan rings is 1. The molecule has 3 aromatic rings. The van der Waals surface area contributed by atoms with E-state index in [1.54, 1.807) is 19.1 Å². The molecule has 188 valence electrons. The van der Waals surface area contributed by atoms with Crippen molar-refractivity contribution in [1.82, 2.24) is 15.7 Å². The third-order valence-corrected chi connectivity index (χ3v) is 7.40. The highest BCUT2D eigenvalue weighted by atomic mass is 35.5. The minimum atomic E-state index is -3.87. The Kier molecular flexibility index (Phi) is 7.39. The number of hydrogen-bond donors (Lipinski definition) is 3. The Labute approximate surface area is 217 Å². The molecular weight excluding hydrogens is 527 g/mol. The molecule has 12 heteroatoms. The summed E-state index contributed by atoms with van der Waals surface area (Å²) in [4.78, 5) is 27.5. The van der Waals surface area contributed by atoms with Crippen LogP contribution in [0.2, 0.25) is 10.0 Å². The summed E-state index contributed by atoms with van der Waals surface area (Å²) in [5.41, 5.74) is 7.19. The summed E-state index contributed by atoms with van der Waals surface area (Å²) in [5.74, 6) is -0.811. The van der Waals surface area contributed by atoms with E-state index in [0.717, 1.165) is 5.56 Å². The number of hydrogen-bond acceptors (Lipinski definition) is 6. The summed E-state index contributed by atoms with van der Waals surface area (Å²) in [6, 6.07) is 10.8. The lowest BCUT2D eigenvalue weighted by Crippen LogP contribution is -2.41. The highest BCUT2D eigenvalue weighted by Gasteiger charge is 2.29. The SMILES string of the molecule is Cc1ccc(S(=O)(=O)N/N=C2\CCCc3oc(C(=O)NNC(=O)c4ccc(Cl)cc4Cl)c(C)c32)cc1. The summed E-state index contributed by atoms with van der Waals surface area (Å²) >= 11 is 11.9. The van der Waals surface area contributed by atoms with Gasteiger partial charge in [0.05, 0.1) is 21.2 Å². The minimum absolute atomic E-state index is 0.0153. The van der Waals surface area contributed by atoms with Gasteiger partial charge in [-0.2, -0.15) is 18.4 Å². The molecule has 0 fully saturated rings. The zero-order valence-corrected chi connectivity index (χ0v) is 21.6. The number of nitrogens with zero attached hydrogens (tertiary/aromatic N) is 1. The van der Waals surface area contributed by atoms with Crippen molar-refractivity contribution in [2.24, 2.45) is 5.10 Å². The Morgan fingerprint density at radius 1 is 0.972 bits per heavy atom. The van der Waals surface area contributed by atoms with E-state index in [2.05, 4.69) is 20.8 Å². The van der Waals surface area contributed by atoms with Crippen molar-refractivity contribution >= 4 is 50.8 Å². The topological polar surface area (TPSA) is 130 Å². The van der Waals surface area contributed by atoms with Crippen molar-refractivity contribution in [3.8, 4) is 0 Å². The van der Waals surface area contributed by atoms with Crippen LogP contribution >= 0.6 is 23.2 Å². The first-order chi connectivity index (χ1) is 17.1. The zero-order valence-electron chi connectivity index (χ0n) is 19.3. The third-order valence-electron chi connectivity index (χ3n) is 5.63. The Balaban J connectivity index is 1.51. The maximum atomic E-state index is 12.8. The van der Waals surface area contributed by atoms with E-state index in [1.807, 2.05) is 6.92 Å². The predicted molar refractivity (Wildman–Crippen MR) is 136 cm³/mol. The summed E-state index contributed by atoms with van der Waals surface area (Å²) in [6.07, 6.45) is 1.72. The number of rotatable bonds is 5. The van der Waals surface area contributed by atoms with Crippen LogP contribution in [0.3, 0.4) is 0 Å². The quantitative estimate of drug-likeness (QED) is 0.409. The largest absolute Gasteiger partial charge is 0.455 e. The van der Waals surface area contributed by atoms with Crippen LogP contribution in [-0.2, 0) is 16.4 Å². The first-order valence-electron chi connectivity index (χ1n) is 10.9. The van der Waals surface area contributed by atoms with Gasteiger partial charge in [0.25, 0.3) is 15.9 Å². The number of aryl methyl sites for hydroxylation is 2. The molecule has 0 bridgehead atoms. The number of carbonyl (C=O) groups is 2. The second-order valence-corrected chi connectivity index (χ2v) is 10.7. The molecule has 36 heavy (non-hydrogen) atoms. The second kappa shape index (κ2) is 10.3. The smallest absolute Gasteiger partial charge is 0.305 e. The number of nitrogens with one attached hydrogen (secondary N) is 3. The molecule has 1 aliphatic rings. The second-order valence-electron chi connectivity index (χ2n) is 8.21. The molecule has 1 aliphatic carbocycles. The Morgan fingerprint density at radius 3 is 2.36 bits per heavy atom. The summed E-state index contributed by atoms with van der Waals surface area (Å²) in [7, 11) is -3.87. The molecule has 4 rings (SSSR count). The number of benzene rings is 2. The van der Waals surface area contributed by atoms with E-state index in [1.165, 1.54) is 30.3 Å². The maximum absolute atomic E-state index is 12.8. The van der Waals surface area contributed by atoms with E-state index in [9.17, 15) is 18.0 Å². The summed E-state index contributed by atoms with van der Waals surface area (Å²) < 4.78 is 31.1. The number of sulfonamides is 1. The number of hydrazone groups is 1. The molecule has 1 aromatic heterocycles. The van der Waals surface area contributed by atoms with E-state index in [4.69, 9.17) is 27.6 Å². The Bertz CT molecular complexity index is 1480. The normalized spacial score (nSPS) is 14.3. The number of carbonyl (C=O) groups excluding carboxylic acids is 2. The van der Waals surface area contributed by atoms with Gasteiger partial charge in [0.1, 0.15) is 5.76 Å². The molecule has 0 unspecified atom stereocenters. The molecule has 0 saturated carbocycles. The molecule has 2 aromatic carbocycles. The summed E-state index contributed by atoms with van der Waals surface area (Å²) in [5, 5.41) is 4.65. The van der Waals surface area contributed by atoms with Crippen molar-refractivity contribution in [2.75, 3.05) is 0 Å². The molecular formula is C24H22Cl2N4O5S. The van der Waals surface area contributed by atoms with Gasteiger partial charge in [0, 0.05) is 22.6 Å². The van der Waals surface area contributed by atoms with Crippen LogP contribution in [0.15, 0.2) is 56.9 Å². The fourth-order valence-electron chi connectivity index (χ4n) is 3.79. The van der Waals surface area contributed by atoms with Gasteiger partial charge >= 0.3 is 5.91 Å². The fraction of sp³-hybridized carbons (Fsp3) is 0.208. The number of halogens is 2. The molecule has 0 atom stereocenters. The highest BCUT2D eigenvalue weighted by Crippen LogP contribution is 2.30. The van der Waals surface area contributed by atoms with Crippen LogP contribution in [0.5, 0.6) is 0 Å². The lowest BCUT2D eigenvalue weighted by Gasteiger charge is -2.14. The average molecular weight is 549 g/mol. The van der Waals surface area contributed by atoms with E-state index < -0.39 is 21.8 Å². The highest BCUT2D eigenvalue weighted by molar-refractivity contribution is 7.89. The van der Waals surface area contributed by atoms with Gasteiger partial charge in [-0.05, 0) is 57.0 Å². The van der Waals surface area contributed by atoms with Crippen LogP contribution in [0.1, 0.15) is 56.2 Å². The van der Waals surface area contributed by atoms with Crippen LogP contribution in [0.4, 0.5) is 0 Å². The van der Waals surface area contributed by atoms with Crippen LogP contribution in [0, 0.1) is 13.8 Å². The number of amides is 2. The van der Waals surface area contributed by atoms with Gasteiger partial charge in [-0.25, -0.2) is 0 Å². The van der Waals surface area contributed by atoms with Gasteiger partial charge in [-0.3, -0.25) is 20.4 Å². The molecule has 9 nitrogen and oxygen atoms in total. The molecule has 0 aliphatic heterocycles. The van der Waals surface area contributed by atoms with Gasteiger partial charge in [0.15, 0.2) is 5.76 Å². The first-order valence-corrected chi connectivity index (χ1v) is 13.1. The van der Waals surface area contributed by atoms with Crippen molar-refractivity contribution in [1.29, 1.82) is 0 Å². The van der Waals surface area contributed by atoms with Crippen molar-refractivity contribution in [3.05, 3.63) is 86.3 Å². The summed E-state index contributed by atoms with van der Waals surface area (Å²) in [6.45, 7) is 3.53. The lowest BCUT2D eigenvalue weighted by atomic mass is 9.93. The fourth-order valence-corrected chi connectivity index (χ4v) is 5.12. The van der Waals surface area contributed by atoms with Gasteiger partial charge < -0.3 is 4.42 Å². The van der Waals surface area contributed by atoms with E-state index in [0.29, 0.717) is 46.9 Å². The lowest BCUT2D eigenvalue weighted by molar-refractivity contribution is 0.0829. The standard InChI is InChI=1S/C24H22Cl2N4O5S/c1-13-6-9-16(10-7-13)36(33,34)30-27-19-4-3-5-20-21(19)14(2)22(35-20)24(32)29-28-23(31)17-11-8-15(25)12-18(17)26/h6-12,30H,3-5H2,1-2H3,(H,28,31)(H,29,32)/b27-19+. The molecule has 2 amide bonds. The van der Waals surface area contributed by atoms with Crippen LogP contribution < -0.4 is 15.7 Å². The van der Waals surface area contributed by atoms with E-state index >= 15 is 0 Å². The van der Waals surface area contributed by atoms with Crippen molar-refractivity contribution in [2.45, 2.75) is 38.0 Å². The van der Waals surface area contributed by atoms with Gasteiger partial charge in [-0.1, -0.05) is 40.9 Å². The van der Waals surface area contributed by atoms with Gasteiger partial charge in [-0.15, -0.1) is 0 Å². The minimum Gasteiger partial charge on any atom is -0.455 e. The monoisotopic (exact) mass is 548 g/mol.